The summed E-state index contributed by atoms with van der Waals surface area (Å²) in [5.41, 5.74) is 1.07. The van der Waals surface area contributed by atoms with Crippen LogP contribution in [0, 0.1) is 0 Å². The summed E-state index contributed by atoms with van der Waals surface area (Å²) >= 11 is 0. The lowest BCUT2D eigenvalue weighted by Gasteiger charge is -2.23. The highest BCUT2D eigenvalue weighted by atomic mass is 16.5. The number of aliphatic hydroxyl groups is 1. The molecule has 1 aliphatic heterocycles. The topological polar surface area (TPSA) is 58.6 Å². The number of rotatable bonds is 3. The molecule has 1 aromatic rings. The van der Waals surface area contributed by atoms with Gasteiger partial charge in [-0.3, -0.25) is 4.79 Å². The summed E-state index contributed by atoms with van der Waals surface area (Å²) in [7, 11) is 0. The van der Waals surface area contributed by atoms with E-state index in [2.05, 4.69) is 5.32 Å². The number of benzene rings is 1. The van der Waals surface area contributed by atoms with Crippen molar-refractivity contribution >= 4 is 5.91 Å². The molecule has 0 spiro atoms. The molecular weight excluding hydrogens is 218 g/mol. The fourth-order valence-corrected chi connectivity index (χ4v) is 1.75. The summed E-state index contributed by atoms with van der Waals surface area (Å²) < 4.78 is 5.38. The predicted octanol–water partition coefficient (Wildman–Crippen LogP) is 1.12. The van der Waals surface area contributed by atoms with Gasteiger partial charge in [0.1, 0.15) is 5.75 Å². The van der Waals surface area contributed by atoms with E-state index in [0.29, 0.717) is 12.2 Å². The first-order valence-electron chi connectivity index (χ1n) is 5.71. The van der Waals surface area contributed by atoms with Crippen molar-refractivity contribution in [2.75, 3.05) is 13.2 Å². The molecule has 4 nitrogen and oxygen atoms in total. The maximum Gasteiger partial charge on any atom is 0.251 e. The average molecular weight is 235 g/mol. The fourth-order valence-electron chi connectivity index (χ4n) is 1.75. The van der Waals surface area contributed by atoms with Gasteiger partial charge < -0.3 is 15.2 Å². The van der Waals surface area contributed by atoms with Gasteiger partial charge in [-0.2, -0.15) is 0 Å². The van der Waals surface area contributed by atoms with E-state index >= 15 is 0 Å². The Hall–Kier alpha value is -1.55. The first-order chi connectivity index (χ1) is 8.02. The number of carbonyl (C=O) groups is 1. The SMILES string of the molecule is CC(C)(CO)NC(=O)c1ccc2c(c1)CCO2. The molecule has 0 saturated heterocycles. The van der Waals surface area contributed by atoms with Gasteiger partial charge in [0.2, 0.25) is 0 Å². The molecule has 0 aliphatic carbocycles. The molecule has 0 aromatic heterocycles. The molecule has 1 aliphatic rings. The minimum absolute atomic E-state index is 0.0905. The van der Waals surface area contributed by atoms with Crippen molar-refractivity contribution in [3.05, 3.63) is 29.3 Å². The summed E-state index contributed by atoms with van der Waals surface area (Å²) in [5.74, 6) is 0.696. The molecule has 2 rings (SSSR count). The van der Waals surface area contributed by atoms with E-state index in [4.69, 9.17) is 9.84 Å². The molecule has 0 bridgehead atoms. The minimum Gasteiger partial charge on any atom is -0.493 e. The lowest BCUT2D eigenvalue weighted by atomic mass is 10.0. The van der Waals surface area contributed by atoms with Crippen LogP contribution in [0.5, 0.6) is 5.75 Å². The van der Waals surface area contributed by atoms with Crippen LogP contribution in [0.25, 0.3) is 0 Å². The van der Waals surface area contributed by atoms with E-state index < -0.39 is 5.54 Å². The smallest absolute Gasteiger partial charge is 0.251 e. The van der Waals surface area contributed by atoms with Crippen LogP contribution in [0.4, 0.5) is 0 Å². The molecule has 92 valence electrons. The highest BCUT2D eigenvalue weighted by Gasteiger charge is 2.21. The van der Waals surface area contributed by atoms with Gasteiger partial charge in [-0.15, -0.1) is 0 Å². The largest absolute Gasteiger partial charge is 0.493 e. The lowest BCUT2D eigenvalue weighted by molar-refractivity contribution is 0.0869. The number of nitrogens with one attached hydrogen (secondary N) is 1. The summed E-state index contributed by atoms with van der Waals surface area (Å²) in [5, 5.41) is 11.9. The van der Waals surface area contributed by atoms with E-state index in [1.807, 2.05) is 12.1 Å². The second kappa shape index (κ2) is 4.37. The van der Waals surface area contributed by atoms with Crippen LogP contribution in [-0.2, 0) is 6.42 Å². The summed E-state index contributed by atoms with van der Waals surface area (Å²) in [6.45, 7) is 4.15. The van der Waals surface area contributed by atoms with Crippen molar-refractivity contribution in [1.82, 2.24) is 5.32 Å². The zero-order valence-corrected chi connectivity index (χ0v) is 10.1. The summed E-state index contributed by atoms with van der Waals surface area (Å²) in [4.78, 5) is 12.0. The normalized spacial score (nSPS) is 14.1. The quantitative estimate of drug-likeness (QED) is 0.825. The first kappa shape index (κ1) is 11.9. The number of amides is 1. The maximum atomic E-state index is 12.0. The van der Waals surface area contributed by atoms with E-state index in [9.17, 15) is 4.79 Å². The molecule has 4 heteroatoms. The number of carbonyl (C=O) groups excluding carboxylic acids is 1. The molecule has 17 heavy (non-hydrogen) atoms. The minimum atomic E-state index is -0.605. The molecule has 0 atom stereocenters. The third-order valence-electron chi connectivity index (χ3n) is 2.80. The molecule has 0 saturated carbocycles. The Kier molecular flexibility index (Phi) is 3.07. The molecular formula is C13H17NO3. The van der Waals surface area contributed by atoms with Crippen LogP contribution in [0.15, 0.2) is 18.2 Å². The van der Waals surface area contributed by atoms with Crippen molar-refractivity contribution in [2.45, 2.75) is 25.8 Å². The molecule has 0 unspecified atom stereocenters. The van der Waals surface area contributed by atoms with Gasteiger partial charge in [0.15, 0.2) is 0 Å². The second-order valence-electron chi connectivity index (χ2n) is 4.92. The molecule has 0 radical (unpaired) electrons. The Bertz CT molecular complexity index is 440. The molecule has 1 heterocycles. The standard InChI is InChI=1S/C13H17NO3/c1-13(2,8-15)14-12(16)10-3-4-11-9(7-10)5-6-17-11/h3-4,7,15H,5-6,8H2,1-2H3,(H,14,16). The third kappa shape index (κ3) is 2.58. The van der Waals surface area contributed by atoms with E-state index in [-0.39, 0.29) is 12.5 Å². The van der Waals surface area contributed by atoms with Crippen LogP contribution >= 0.6 is 0 Å². The van der Waals surface area contributed by atoms with Crippen molar-refractivity contribution in [3.63, 3.8) is 0 Å². The van der Waals surface area contributed by atoms with Crippen LogP contribution in [0.2, 0.25) is 0 Å². The highest BCUT2D eigenvalue weighted by molar-refractivity contribution is 5.95. The molecule has 1 aromatic carbocycles. The summed E-state index contributed by atoms with van der Waals surface area (Å²) in [6.07, 6.45) is 0.847. The number of hydrogen-bond donors (Lipinski definition) is 2. The Balaban J connectivity index is 2.15. The first-order valence-corrected chi connectivity index (χ1v) is 5.71. The van der Waals surface area contributed by atoms with Crippen LogP contribution in [0.3, 0.4) is 0 Å². The molecule has 2 N–H and O–H groups in total. The molecule has 0 fully saturated rings. The Morgan fingerprint density at radius 2 is 2.29 bits per heavy atom. The Morgan fingerprint density at radius 3 is 3.00 bits per heavy atom. The number of fused-ring (bicyclic) bond motifs is 1. The molecule has 1 amide bonds. The lowest BCUT2D eigenvalue weighted by Crippen LogP contribution is -2.46. The van der Waals surface area contributed by atoms with Gasteiger partial charge in [0.05, 0.1) is 18.8 Å². The van der Waals surface area contributed by atoms with Gasteiger partial charge in [-0.05, 0) is 37.6 Å². The van der Waals surface area contributed by atoms with Crippen LogP contribution in [-0.4, -0.2) is 29.8 Å². The number of hydrogen-bond acceptors (Lipinski definition) is 3. The Labute approximate surface area is 101 Å². The number of aliphatic hydroxyl groups excluding tert-OH is 1. The highest BCUT2D eigenvalue weighted by Crippen LogP contribution is 2.25. The average Bonchev–Trinajstić information content (AvgIpc) is 2.75. The summed E-state index contributed by atoms with van der Waals surface area (Å²) in [6, 6.07) is 5.42. The Morgan fingerprint density at radius 1 is 1.53 bits per heavy atom. The van der Waals surface area contributed by atoms with Gasteiger partial charge in [-0.25, -0.2) is 0 Å². The number of ether oxygens (including phenoxy) is 1. The van der Waals surface area contributed by atoms with Crippen LogP contribution in [0.1, 0.15) is 29.8 Å². The van der Waals surface area contributed by atoms with E-state index in [0.717, 1.165) is 17.7 Å². The predicted molar refractivity (Wildman–Crippen MR) is 64.3 cm³/mol. The van der Waals surface area contributed by atoms with Crippen LogP contribution < -0.4 is 10.1 Å². The zero-order chi connectivity index (χ0) is 12.5. The van der Waals surface area contributed by atoms with E-state index in [1.165, 1.54) is 0 Å². The van der Waals surface area contributed by atoms with E-state index in [1.54, 1.807) is 19.9 Å². The van der Waals surface area contributed by atoms with Gasteiger partial charge in [0.25, 0.3) is 5.91 Å². The van der Waals surface area contributed by atoms with Gasteiger partial charge >= 0.3 is 0 Å². The van der Waals surface area contributed by atoms with Crippen molar-refractivity contribution in [2.24, 2.45) is 0 Å². The monoisotopic (exact) mass is 235 g/mol. The van der Waals surface area contributed by atoms with Gasteiger partial charge in [-0.1, -0.05) is 0 Å². The second-order valence-corrected chi connectivity index (χ2v) is 4.92. The maximum absolute atomic E-state index is 12.0. The zero-order valence-electron chi connectivity index (χ0n) is 10.1. The fraction of sp³-hybridized carbons (Fsp3) is 0.462. The van der Waals surface area contributed by atoms with Gasteiger partial charge in [0, 0.05) is 12.0 Å². The van der Waals surface area contributed by atoms with Crippen molar-refractivity contribution in [3.8, 4) is 5.75 Å². The van der Waals surface area contributed by atoms with Crippen molar-refractivity contribution < 1.29 is 14.6 Å². The van der Waals surface area contributed by atoms with Crippen molar-refractivity contribution in [1.29, 1.82) is 0 Å². The third-order valence-corrected chi connectivity index (χ3v) is 2.80.